The van der Waals surface area contributed by atoms with Gasteiger partial charge in [-0.3, -0.25) is 0 Å². The summed E-state index contributed by atoms with van der Waals surface area (Å²) in [5, 5.41) is 2.33. The van der Waals surface area contributed by atoms with Gasteiger partial charge in [-0.1, -0.05) is 163 Å². The van der Waals surface area contributed by atoms with Crippen LogP contribution in [-0.4, -0.2) is 19.5 Å². The van der Waals surface area contributed by atoms with Gasteiger partial charge in [0.2, 0.25) is 0 Å². The van der Waals surface area contributed by atoms with Gasteiger partial charge in [-0.25, -0.2) is 15.0 Å². The first-order chi connectivity index (χ1) is 28.6. The SMILES string of the molecule is Cc1cc(C)cc(-c2nc(-c3cccc(C(c4ccccc4)(c4ccccc4)c4ccccc4)c3)nc(-c3ccc4c(c3)c3ccccc3n4-c3ccccc3)n2)c1. The van der Waals surface area contributed by atoms with Crippen LogP contribution in [0.15, 0.2) is 206 Å². The van der Waals surface area contributed by atoms with Crippen molar-refractivity contribution in [2.75, 3.05) is 0 Å². The largest absolute Gasteiger partial charge is 0.309 e. The zero-order valence-electron chi connectivity index (χ0n) is 32.4. The normalized spacial score (nSPS) is 11.6. The van der Waals surface area contributed by atoms with E-state index >= 15 is 0 Å². The maximum absolute atomic E-state index is 5.31. The fraction of sp³-hybridized carbons (Fsp3) is 0.0556. The first-order valence-electron chi connectivity index (χ1n) is 19.8. The van der Waals surface area contributed by atoms with E-state index in [1.165, 1.54) is 22.1 Å². The zero-order chi connectivity index (χ0) is 39.1. The third kappa shape index (κ3) is 6.07. The maximum Gasteiger partial charge on any atom is 0.164 e. The molecular weight excluding hydrogens is 705 g/mol. The molecule has 2 heterocycles. The summed E-state index contributed by atoms with van der Waals surface area (Å²) in [6.45, 7) is 4.24. The van der Waals surface area contributed by atoms with E-state index in [0.29, 0.717) is 17.5 Å². The average molecular weight is 745 g/mol. The van der Waals surface area contributed by atoms with Crippen molar-refractivity contribution in [1.82, 2.24) is 19.5 Å². The summed E-state index contributed by atoms with van der Waals surface area (Å²) < 4.78 is 2.33. The standard InChI is InChI=1S/C54H40N4/c1-37-32-38(2)34-41(33-37)53-56-51(55-52(57-53)40-30-31-50-48(36-40)47-28-15-16-29-49(47)58(50)46-26-13-6-14-27-46)39-18-17-25-45(35-39)54(42-19-7-3-8-20-42,43-21-9-4-10-22-43)44-23-11-5-12-24-44/h3-36H,1-2H3. The lowest BCUT2D eigenvalue weighted by Crippen LogP contribution is -2.31. The van der Waals surface area contributed by atoms with Crippen LogP contribution in [0.5, 0.6) is 0 Å². The van der Waals surface area contributed by atoms with Crippen LogP contribution in [0.2, 0.25) is 0 Å². The first kappa shape index (κ1) is 35.0. The molecule has 0 bridgehead atoms. The lowest BCUT2D eigenvalue weighted by Gasteiger charge is -2.37. The highest BCUT2D eigenvalue weighted by Gasteiger charge is 2.38. The summed E-state index contributed by atoms with van der Waals surface area (Å²) in [5.74, 6) is 1.89. The summed E-state index contributed by atoms with van der Waals surface area (Å²) in [5.41, 5.74) is 12.6. The Balaban J connectivity index is 1.20. The second kappa shape index (κ2) is 14.6. The Hall–Kier alpha value is -7.43. The molecule has 0 N–H and O–H groups in total. The van der Waals surface area contributed by atoms with E-state index in [0.717, 1.165) is 55.5 Å². The Bertz CT molecular complexity index is 2950. The number of benzene rings is 8. The molecule has 4 nitrogen and oxygen atoms in total. The summed E-state index contributed by atoms with van der Waals surface area (Å²) in [4.78, 5) is 15.8. The van der Waals surface area contributed by atoms with Gasteiger partial charge in [0, 0.05) is 33.2 Å². The number of hydrogen-bond donors (Lipinski definition) is 0. The summed E-state index contributed by atoms with van der Waals surface area (Å²) in [7, 11) is 0. The van der Waals surface area contributed by atoms with Crippen LogP contribution in [-0.2, 0) is 5.41 Å². The van der Waals surface area contributed by atoms with Gasteiger partial charge in [0.1, 0.15) is 0 Å². The highest BCUT2D eigenvalue weighted by atomic mass is 15.0. The van der Waals surface area contributed by atoms with Gasteiger partial charge >= 0.3 is 0 Å². The molecule has 0 aliphatic rings. The van der Waals surface area contributed by atoms with Gasteiger partial charge < -0.3 is 4.57 Å². The molecule has 0 amide bonds. The molecule has 58 heavy (non-hydrogen) atoms. The van der Waals surface area contributed by atoms with Crippen molar-refractivity contribution < 1.29 is 0 Å². The summed E-state index contributed by atoms with van der Waals surface area (Å²) in [6.07, 6.45) is 0. The van der Waals surface area contributed by atoms with Crippen LogP contribution < -0.4 is 0 Å². The first-order valence-corrected chi connectivity index (χ1v) is 19.8. The van der Waals surface area contributed by atoms with E-state index in [9.17, 15) is 0 Å². The second-order valence-electron chi connectivity index (χ2n) is 15.0. The molecule has 276 valence electrons. The fourth-order valence-corrected chi connectivity index (χ4v) is 8.79. The molecule has 0 fully saturated rings. The van der Waals surface area contributed by atoms with Crippen LogP contribution in [0.25, 0.3) is 61.7 Å². The van der Waals surface area contributed by atoms with E-state index in [4.69, 9.17) is 15.0 Å². The van der Waals surface area contributed by atoms with Crippen LogP contribution in [0.1, 0.15) is 33.4 Å². The Morgan fingerprint density at radius 3 is 1.40 bits per heavy atom. The van der Waals surface area contributed by atoms with Gasteiger partial charge in [0.15, 0.2) is 17.5 Å². The van der Waals surface area contributed by atoms with E-state index in [-0.39, 0.29) is 0 Å². The van der Waals surface area contributed by atoms with Crippen molar-refractivity contribution in [2.24, 2.45) is 0 Å². The molecule has 10 aromatic rings. The fourth-order valence-electron chi connectivity index (χ4n) is 8.79. The molecule has 0 aliphatic heterocycles. The van der Waals surface area contributed by atoms with Crippen molar-refractivity contribution >= 4 is 21.8 Å². The minimum absolute atomic E-state index is 0.607. The maximum atomic E-state index is 5.31. The van der Waals surface area contributed by atoms with E-state index in [2.05, 4.69) is 225 Å². The van der Waals surface area contributed by atoms with Gasteiger partial charge in [-0.05, 0) is 90.7 Å². The number of hydrogen-bond acceptors (Lipinski definition) is 3. The monoisotopic (exact) mass is 744 g/mol. The zero-order valence-corrected chi connectivity index (χ0v) is 32.4. The minimum Gasteiger partial charge on any atom is -0.309 e. The number of fused-ring (bicyclic) bond motifs is 3. The van der Waals surface area contributed by atoms with Gasteiger partial charge in [-0.2, -0.15) is 0 Å². The van der Waals surface area contributed by atoms with Crippen molar-refractivity contribution in [1.29, 1.82) is 0 Å². The molecular formula is C54H40N4. The Morgan fingerprint density at radius 2 is 0.810 bits per heavy atom. The molecule has 0 radical (unpaired) electrons. The van der Waals surface area contributed by atoms with Crippen LogP contribution in [0.3, 0.4) is 0 Å². The Labute approximate surface area is 338 Å². The molecule has 0 spiro atoms. The van der Waals surface area contributed by atoms with E-state index in [1.807, 2.05) is 0 Å². The predicted molar refractivity (Wildman–Crippen MR) is 238 cm³/mol. The molecule has 0 unspecified atom stereocenters. The van der Waals surface area contributed by atoms with E-state index in [1.54, 1.807) is 0 Å². The third-order valence-electron chi connectivity index (χ3n) is 11.2. The van der Waals surface area contributed by atoms with Gasteiger partial charge in [-0.15, -0.1) is 0 Å². The van der Waals surface area contributed by atoms with Gasteiger partial charge in [0.25, 0.3) is 0 Å². The predicted octanol–water partition coefficient (Wildman–Crippen LogP) is 13.0. The number of nitrogens with zero attached hydrogens (tertiary/aromatic N) is 4. The van der Waals surface area contributed by atoms with Crippen LogP contribution >= 0.6 is 0 Å². The Morgan fingerprint density at radius 1 is 0.345 bits per heavy atom. The van der Waals surface area contributed by atoms with Crippen LogP contribution in [0.4, 0.5) is 0 Å². The molecule has 8 aromatic carbocycles. The smallest absolute Gasteiger partial charge is 0.164 e. The van der Waals surface area contributed by atoms with Crippen molar-refractivity contribution in [3.8, 4) is 39.9 Å². The Kier molecular flexibility index (Phi) is 8.80. The highest BCUT2D eigenvalue weighted by Crippen LogP contribution is 2.46. The van der Waals surface area contributed by atoms with Gasteiger partial charge in [0.05, 0.1) is 16.4 Å². The molecule has 4 heteroatoms. The summed E-state index contributed by atoms with van der Waals surface area (Å²) in [6, 6.07) is 73.4. The third-order valence-corrected chi connectivity index (χ3v) is 11.2. The summed E-state index contributed by atoms with van der Waals surface area (Å²) >= 11 is 0. The van der Waals surface area contributed by atoms with Crippen LogP contribution in [0, 0.1) is 13.8 Å². The number of rotatable bonds is 8. The molecule has 2 aromatic heterocycles. The van der Waals surface area contributed by atoms with Crippen molar-refractivity contribution in [3.63, 3.8) is 0 Å². The molecule has 0 saturated heterocycles. The van der Waals surface area contributed by atoms with Crippen molar-refractivity contribution in [2.45, 2.75) is 19.3 Å². The second-order valence-corrected chi connectivity index (χ2v) is 15.0. The lowest BCUT2D eigenvalue weighted by atomic mass is 9.65. The molecule has 10 rings (SSSR count). The molecule has 0 atom stereocenters. The average Bonchev–Trinajstić information content (AvgIpc) is 3.61. The van der Waals surface area contributed by atoms with E-state index < -0.39 is 5.41 Å². The number of aryl methyl sites for hydroxylation is 2. The quantitative estimate of drug-likeness (QED) is 0.146. The molecule has 0 saturated carbocycles. The number of aromatic nitrogens is 4. The minimum atomic E-state index is -0.607. The molecule has 0 aliphatic carbocycles. The highest BCUT2D eigenvalue weighted by molar-refractivity contribution is 6.10. The number of para-hydroxylation sites is 2. The van der Waals surface area contributed by atoms with Crippen molar-refractivity contribution in [3.05, 3.63) is 240 Å². The lowest BCUT2D eigenvalue weighted by molar-refractivity contribution is 0.745. The topological polar surface area (TPSA) is 43.6 Å².